The fourth-order valence-electron chi connectivity index (χ4n) is 4.17. The van der Waals surface area contributed by atoms with Gasteiger partial charge in [-0.1, -0.05) is 57.0 Å². The Hall–Kier alpha value is -0.523. The largest absolute Gasteiger partial charge is 0.415 e. The summed E-state index contributed by atoms with van der Waals surface area (Å²) in [6.45, 7) is 11.8. The topological polar surface area (TPSA) is 58.5 Å². The van der Waals surface area contributed by atoms with Gasteiger partial charge in [-0.25, -0.2) is 18.7 Å². The van der Waals surface area contributed by atoms with Crippen molar-refractivity contribution in [1.82, 2.24) is 9.97 Å². The minimum absolute atomic E-state index is 0.0407. The maximum atomic E-state index is 15.6. The van der Waals surface area contributed by atoms with Crippen molar-refractivity contribution in [3.8, 4) is 0 Å². The molecule has 0 saturated heterocycles. The van der Waals surface area contributed by atoms with E-state index in [4.69, 9.17) is 16.0 Å². The predicted molar refractivity (Wildman–Crippen MR) is 147 cm³/mol. The summed E-state index contributed by atoms with van der Waals surface area (Å²) in [6.07, 6.45) is 5.26. The number of anilines is 1. The number of rotatable bonds is 7. The summed E-state index contributed by atoms with van der Waals surface area (Å²) >= 11 is 10.5. The number of hydrogen-bond acceptors (Lipinski definition) is 6. The summed E-state index contributed by atoms with van der Waals surface area (Å²) in [5.41, 5.74) is -0.113. The van der Waals surface area contributed by atoms with Crippen LogP contribution in [-0.4, -0.2) is 54.9 Å². The highest BCUT2D eigenvalue weighted by atomic mass is 79.9. The van der Waals surface area contributed by atoms with Crippen LogP contribution in [0, 0.1) is 11.6 Å². The van der Waals surface area contributed by atoms with E-state index in [2.05, 4.69) is 59.8 Å². The number of aromatic nitrogens is 2. The average molecular weight is 611 g/mol. The van der Waals surface area contributed by atoms with Crippen molar-refractivity contribution in [1.29, 1.82) is 0 Å². The fourth-order valence-corrected chi connectivity index (χ4v) is 6.10. The Morgan fingerprint density at radius 1 is 1.20 bits per heavy atom. The Labute approximate surface area is 225 Å². The monoisotopic (exact) mass is 609 g/mol. The number of halogens is 4. The van der Waals surface area contributed by atoms with Crippen molar-refractivity contribution in [2.45, 2.75) is 88.3 Å². The lowest BCUT2D eigenvalue weighted by Gasteiger charge is -2.38. The third kappa shape index (κ3) is 6.31. The van der Waals surface area contributed by atoms with Crippen molar-refractivity contribution in [2.75, 3.05) is 24.3 Å². The third-order valence-electron chi connectivity index (χ3n) is 7.24. The second-order valence-corrected chi connectivity index (χ2v) is 17.4. The van der Waals surface area contributed by atoms with Gasteiger partial charge in [0.05, 0.1) is 27.6 Å². The lowest BCUT2D eigenvalue weighted by molar-refractivity contribution is 0.150. The summed E-state index contributed by atoms with van der Waals surface area (Å²) in [4.78, 5) is 10.9. The second-order valence-electron chi connectivity index (χ2n) is 10.6. The van der Waals surface area contributed by atoms with Gasteiger partial charge in [0.15, 0.2) is 25.1 Å². The summed E-state index contributed by atoms with van der Waals surface area (Å²) < 4.78 is 37.1. The molecule has 2 unspecified atom stereocenters. The molecule has 35 heavy (non-hydrogen) atoms. The maximum absolute atomic E-state index is 15.6. The molecule has 1 aliphatic rings. The van der Waals surface area contributed by atoms with E-state index in [1.165, 1.54) is 11.8 Å². The Morgan fingerprint density at radius 3 is 2.49 bits per heavy atom. The number of benzene rings is 1. The van der Waals surface area contributed by atoms with Crippen LogP contribution >= 0.6 is 39.3 Å². The van der Waals surface area contributed by atoms with Gasteiger partial charge in [0.1, 0.15) is 11.3 Å². The van der Waals surface area contributed by atoms with Crippen LogP contribution in [0.2, 0.25) is 23.2 Å². The molecule has 11 heteroatoms. The standard InChI is InChI=1S/C24H35BrClF2N3O2SSi/c1-24(2,3)35(5,6)33-12-11-31(14-9-7-8-10-15(32)13-14)22-16-19(27)18(26)17(25)20(28)21(16)29-23(30-22)34-4/h14-15,32H,7-13H2,1-6H3. The zero-order valence-corrected chi connectivity index (χ0v) is 25.4. The number of hydrogen-bond donors (Lipinski definition) is 1. The molecule has 0 aliphatic heterocycles. The summed E-state index contributed by atoms with van der Waals surface area (Å²) in [5, 5.41) is 10.6. The van der Waals surface area contributed by atoms with E-state index in [1.807, 2.05) is 4.90 Å². The van der Waals surface area contributed by atoms with Crippen molar-refractivity contribution in [2.24, 2.45) is 0 Å². The Bertz CT molecular complexity index is 1070. The third-order valence-corrected chi connectivity index (χ3v) is 13.7. The average Bonchev–Trinajstić information content (AvgIpc) is 3.01. The van der Waals surface area contributed by atoms with Crippen LogP contribution < -0.4 is 4.90 Å². The molecule has 1 saturated carbocycles. The lowest BCUT2D eigenvalue weighted by Crippen LogP contribution is -2.45. The highest BCUT2D eigenvalue weighted by Gasteiger charge is 2.37. The molecular weight excluding hydrogens is 576 g/mol. The Kier molecular flexibility index (Phi) is 9.52. The van der Waals surface area contributed by atoms with Crippen LogP contribution in [0.25, 0.3) is 10.9 Å². The van der Waals surface area contributed by atoms with Gasteiger partial charge in [0, 0.05) is 12.6 Å². The van der Waals surface area contributed by atoms with Gasteiger partial charge in [-0.2, -0.15) is 0 Å². The fraction of sp³-hybridized carbons (Fsp3) is 0.667. The second kappa shape index (κ2) is 11.5. The Morgan fingerprint density at radius 2 is 1.86 bits per heavy atom. The van der Waals surface area contributed by atoms with E-state index >= 15 is 8.78 Å². The van der Waals surface area contributed by atoms with E-state index < -0.39 is 26.1 Å². The maximum Gasteiger partial charge on any atom is 0.192 e. The molecule has 2 atom stereocenters. The molecule has 1 heterocycles. The summed E-state index contributed by atoms with van der Waals surface area (Å²) in [6, 6.07) is -0.104. The van der Waals surface area contributed by atoms with Gasteiger partial charge in [0.25, 0.3) is 0 Å². The smallest absolute Gasteiger partial charge is 0.192 e. The minimum Gasteiger partial charge on any atom is -0.415 e. The first kappa shape index (κ1) is 29.0. The van der Waals surface area contributed by atoms with Crippen molar-refractivity contribution in [3.05, 3.63) is 21.1 Å². The molecule has 0 radical (unpaired) electrons. The molecule has 0 amide bonds. The van der Waals surface area contributed by atoms with Gasteiger partial charge >= 0.3 is 0 Å². The highest BCUT2D eigenvalue weighted by molar-refractivity contribution is 9.10. The first-order valence-electron chi connectivity index (χ1n) is 11.9. The molecular formula is C24H35BrClF2N3O2SSi. The normalized spacial score (nSPS) is 19.7. The Balaban J connectivity index is 2.14. The first-order valence-corrected chi connectivity index (χ1v) is 17.2. The molecule has 1 aromatic carbocycles. The van der Waals surface area contributed by atoms with Gasteiger partial charge in [0.2, 0.25) is 0 Å². The molecule has 2 aromatic rings. The van der Waals surface area contributed by atoms with Crippen molar-refractivity contribution >= 4 is 64.3 Å². The zero-order valence-electron chi connectivity index (χ0n) is 21.2. The number of nitrogens with zero attached hydrogens (tertiary/aromatic N) is 3. The van der Waals surface area contributed by atoms with E-state index in [1.54, 1.807) is 6.26 Å². The van der Waals surface area contributed by atoms with E-state index in [0.717, 1.165) is 25.7 Å². The number of thioether (sulfide) groups is 1. The molecule has 0 bridgehead atoms. The number of fused-ring (bicyclic) bond motifs is 1. The molecule has 196 valence electrons. The van der Waals surface area contributed by atoms with Crippen LogP contribution in [0.3, 0.4) is 0 Å². The van der Waals surface area contributed by atoms with Gasteiger partial charge < -0.3 is 14.4 Å². The molecule has 1 aromatic heterocycles. The van der Waals surface area contributed by atoms with E-state index in [9.17, 15) is 5.11 Å². The quantitative estimate of drug-likeness (QED) is 0.0872. The van der Waals surface area contributed by atoms with Crippen LogP contribution in [0.15, 0.2) is 9.63 Å². The van der Waals surface area contributed by atoms with Gasteiger partial charge in [-0.05, 0) is 59.6 Å². The van der Waals surface area contributed by atoms with Gasteiger partial charge in [-0.3, -0.25) is 0 Å². The molecule has 0 spiro atoms. The number of aliphatic hydroxyl groups is 1. The highest BCUT2D eigenvalue weighted by Crippen LogP contribution is 2.41. The minimum atomic E-state index is -2.03. The van der Waals surface area contributed by atoms with Gasteiger partial charge in [-0.15, -0.1) is 0 Å². The zero-order chi connectivity index (χ0) is 26.1. The van der Waals surface area contributed by atoms with Crippen LogP contribution in [0.4, 0.5) is 14.6 Å². The SMILES string of the molecule is CSc1nc(N(CCO[Si](C)(C)C(C)(C)C)C2CCCCC(O)C2)c2c(F)c(Cl)c(Br)c(F)c2n1. The van der Waals surface area contributed by atoms with Crippen molar-refractivity contribution < 1.29 is 18.3 Å². The summed E-state index contributed by atoms with van der Waals surface area (Å²) in [5.74, 6) is -1.19. The van der Waals surface area contributed by atoms with Crippen LogP contribution in [-0.2, 0) is 4.43 Å². The molecule has 3 rings (SSSR count). The van der Waals surface area contributed by atoms with Crippen molar-refractivity contribution in [3.63, 3.8) is 0 Å². The van der Waals surface area contributed by atoms with E-state index in [-0.39, 0.29) is 31.5 Å². The van der Waals surface area contributed by atoms with Crippen LogP contribution in [0.1, 0.15) is 52.9 Å². The van der Waals surface area contributed by atoms with Crippen LogP contribution in [0.5, 0.6) is 0 Å². The first-order chi connectivity index (χ1) is 16.3. The van der Waals surface area contributed by atoms with E-state index in [0.29, 0.717) is 30.5 Å². The lowest BCUT2D eigenvalue weighted by atomic mass is 10.0. The summed E-state index contributed by atoms with van der Waals surface area (Å²) in [7, 11) is -2.03. The molecule has 1 N–H and O–H groups in total. The molecule has 5 nitrogen and oxygen atoms in total. The molecule has 1 aliphatic carbocycles. The number of aliphatic hydroxyl groups excluding tert-OH is 1. The predicted octanol–water partition coefficient (Wildman–Crippen LogP) is 7.57. The molecule has 1 fully saturated rings.